The maximum absolute atomic E-state index is 12.4. The summed E-state index contributed by atoms with van der Waals surface area (Å²) in [6, 6.07) is 6.23. The van der Waals surface area contributed by atoms with Gasteiger partial charge in [0.05, 0.1) is 0 Å². The lowest BCUT2D eigenvalue weighted by Gasteiger charge is -2.44. The third-order valence-corrected chi connectivity index (χ3v) is 6.19. The number of hydrogen-bond acceptors (Lipinski definition) is 5. The summed E-state index contributed by atoms with van der Waals surface area (Å²) in [6.07, 6.45) is 0.619. The zero-order valence-electron chi connectivity index (χ0n) is 19.1. The number of carbonyl (C=O) groups is 2. The average Bonchev–Trinajstić information content (AvgIpc) is 2.68. The number of nitrogens with zero attached hydrogens (tertiary/aromatic N) is 3. The Morgan fingerprint density at radius 3 is 2.33 bits per heavy atom. The molecule has 7 nitrogen and oxygen atoms in total. The number of ether oxygens (including phenoxy) is 1. The van der Waals surface area contributed by atoms with E-state index in [0.717, 1.165) is 36.4 Å². The quantitative estimate of drug-likeness (QED) is 0.798. The van der Waals surface area contributed by atoms with Crippen molar-refractivity contribution in [2.24, 2.45) is 11.7 Å². The van der Waals surface area contributed by atoms with Crippen molar-refractivity contribution in [2.45, 2.75) is 65.6 Å². The van der Waals surface area contributed by atoms with Crippen molar-refractivity contribution in [1.29, 1.82) is 0 Å². The Morgan fingerprint density at radius 1 is 1.17 bits per heavy atom. The summed E-state index contributed by atoms with van der Waals surface area (Å²) in [5.41, 5.74) is 9.16. The lowest BCUT2D eigenvalue weighted by Crippen LogP contribution is -2.51. The smallest absolute Gasteiger partial charge is 0.410 e. The second-order valence-electron chi connectivity index (χ2n) is 9.45. The maximum atomic E-state index is 12.4. The van der Waals surface area contributed by atoms with Crippen LogP contribution in [-0.2, 0) is 9.53 Å². The average molecular weight is 417 g/mol. The van der Waals surface area contributed by atoms with E-state index in [1.54, 1.807) is 11.8 Å². The molecule has 2 N–H and O–H groups in total. The van der Waals surface area contributed by atoms with Crippen LogP contribution in [0.2, 0.25) is 0 Å². The van der Waals surface area contributed by atoms with Gasteiger partial charge in [0, 0.05) is 56.6 Å². The normalized spacial score (nSPS) is 24.5. The summed E-state index contributed by atoms with van der Waals surface area (Å²) in [5, 5.41) is 0. The molecule has 2 amide bonds. The molecular formula is C23H36N4O3. The molecule has 1 fully saturated rings. The summed E-state index contributed by atoms with van der Waals surface area (Å²) in [5.74, 6) is 0.242. The molecule has 166 valence electrons. The first-order valence-electron chi connectivity index (χ1n) is 11.0. The molecule has 3 rings (SSSR count). The lowest BCUT2D eigenvalue weighted by molar-refractivity contribution is -0.117. The Hall–Kier alpha value is -2.28. The Kier molecular flexibility index (Phi) is 6.32. The topological polar surface area (TPSA) is 79.1 Å². The van der Waals surface area contributed by atoms with Gasteiger partial charge in [-0.3, -0.25) is 4.79 Å². The van der Waals surface area contributed by atoms with Crippen molar-refractivity contribution in [3.63, 3.8) is 0 Å². The molecule has 0 saturated carbocycles. The molecule has 1 aromatic rings. The zero-order chi connectivity index (χ0) is 22.2. The van der Waals surface area contributed by atoms with E-state index in [9.17, 15) is 9.59 Å². The van der Waals surface area contributed by atoms with Crippen molar-refractivity contribution in [3.05, 3.63) is 23.8 Å². The van der Waals surface area contributed by atoms with Crippen LogP contribution in [0.1, 0.15) is 59.6 Å². The monoisotopic (exact) mass is 416 g/mol. The SMILES string of the molecule is CC[C@H]1[C@H](C)[C@@H](N)c2cc(N3CCN(C(=O)OC(C)(C)C)CC3)ccc2N1C(C)=O. The largest absolute Gasteiger partial charge is 0.444 e. The Labute approximate surface area is 180 Å². The highest BCUT2D eigenvalue weighted by Gasteiger charge is 2.38. The zero-order valence-corrected chi connectivity index (χ0v) is 19.1. The van der Waals surface area contributed by atoms with Gasteiger partial charge in [-0.05, 0) is 56.9 Å². The summed E-state index contributed by atoms with van der Waals surface area (Å²) in [4.78, 5) is 30.6. The van der Waals surface area contributed by atoms with Gasteiger partial charge < -0.3 is 25.2 Å². The number of rotatable bonds is 2. The minimum absolute atomic E-state index is 0.0561. The molecule has 30 heavy (non-hydrogen) atoms. The molecule has 7 heteroatoms. The first kappa shape index (κ1) is 22.4. The number of nitrogens with two attached hydrogens (primary N) is 1. The Balaban J connectivity index is 1.77. The number of hydrogen-bond donors (Lipinski definition) is 1. The van der Waals surface area contributed by atoms with Gasteiger partial charge in [-0.25, -0.2) is 4.79 Å². The predicted octanol–water partition coefficient (Wildman–Crippen LogP) is 3.52. The van der Waals surface area contributed by atoms with Crippen molar-refractivity contribution in [2.75, 3.05) is 36.0 Å². The summed E-state index contributed by atoms with van der Waals surface area (Å²) in [6.45, 7) is 14.2. The van der Waals surface area contributed by atoms with Crippen LogP contribution < -0.4 is 15.5 Å². The minimum Gasteiger partial charge on any atom is -0.444 e. The molecule has 0 aromatic heterocycles. The van der Waals surface area contributed by atoms with Gasteiger partial charge >= 0.3 is 6.09 Å². The standard InChI is InChI=1S/C23H36N4O3/c1-7-19-15(2)21(24)18-14-17(8-9-20(18)27(19)16(3)28)25-10-12-26(13-11-25)22(29)30-23(4,5)6/h8-9,14-15,19,21H,7,10-13,24H2,1-6H3/t15-,19-,21+/m0/s1. The Bertz CT molecular complexity index is 796. The number of benzene rings is 1. The summed E-state index contributed by atoms with van der Waals surface area (Å²) < 4.78 is 5.49. The van der Waals surface area contributed by atoms with E-state index in [4.69, 9.17) is 10.5 Å². The van der Waals surface area contributed by atoms with Gasteiger partial charge in [-0.1, -0.05) is 13.8 Å². The summed E-state index contributed by atoms with van der Waals surface area (Å²) >= 11 is 0. The van der Waals surface area contributed by atoms with Crippen molar-refractivity contribution >= 4 is 23.4 Å². The minimum atomic E-state index is -0.488. The molecule has 0 spiro atoms. The highest BCUT2D eigenvalue weighted by molar-refractivity contribution is 5.94. The molecule has 3 atom stereocenters. The van der Waals surface area contributed by atoms with Gasteiger partial charge in [-0.2, -0.15) is 0 Å². The molecule has 2 aliphatic rings. The van der Waals surface area contributed by atoms with E-state index in [0.29, 0.717) is 13.1 Å². The van der Waals surface area contributed by atoms with E-state index in [1.807, 2.05) is 31.7 Å². The fourth-order valence-electron chi connectivity index (χ4n) is 4.59. The maximum Gasteiger partial charge on any atom is 0.410 e. The highest BCUT2D eigenvalue weighted by atomic mass is 16.6. The van der Waals surface area contributed by atoms with Gasteiger partial charge in [0.2, 0.25) is 5.91 Å². The van der Waals surface area contributed by atoms with E-state index in [1.165, 1.54) is 0 Å². The Morgan fingerprint density at radius 2 is 1.80 bits per heavy atom. The molecule has 2 heterocycles. The van der Waals surface area contributed by atoms with E-state index >= 15 is 0 Å². The fraction of sp³-hybridized carbons (Fsp3) is 0.652. The number of amides is 2. The first-order valence-corrected chi connectivity index (χ1v) is 11.0. The summed E-state index contributed by atoms with van der Waals surface area (Å²) in [7, 11) is 0. The van der Waals surface area contributed by atoms with E-state index in [2.05, 4.69) is 30.9 Å². The molecule has 2 aliphatic heterocycles. The molecule has 0 radical (unpaired) electrons. The van der Waals surface area contributed by atoms with Gasteiger partial charge in [0.1, 0.15) is 5.60 Å². The van der Waals surface area contributed by atoms with Gasteiger partial charge in [0.15, 0.2) is 0 Å². The molecule has 0 unspecified atom stereocenters. The lowest BCUT2D eigenvalue weighted by atomic mass is 9.81. The number of piperazine rings is 1. The molecule has 0 aliphatic carbocycles. The third-order valence-electron chi connectivity index (χ3n) is 6.19. The van der Waals surface area contributed by atoms with Crippen molar-refractivity contribution in [1.82, 2.24) is 4.90 Å². The van der Waals surface area contributed by atoms with Crippen molar-refractivity contribution < 1.29 is 14.3 Å². The second kappa shape index (κ2) is 8.46. The highest BCUT2D eigenvalue weighted by Crippen LogP contribution is 2.42. The number of carbonyl (C=O) groups excluding carboxylic acids is 2. The molecule has 1 saturated heterocycles. The van der Waals surface area contributed by atoms with Crippen LogP contribution in [0.3, 0.4) is 0 Å². The first-order chi connectivity index (χ1) is 14.0. The van der Waals surface area contributed by atoms with Crippen LogP contribution in [0.5, 0.6) is 0 Å². The van der Waals surface area contributed by atoms with Gasteiger partial charge in [-0.15, -0.1) is 0 Å². The van der Waals surface area contributed by atoms with Crippen LogP contribution >= 0.6 is 0 Å². The van der Waals surface area contributed by atoms with Crippen LogP contribution in [0.25, 0.3) is 0 Å². The van der Waals surface area contributed by atoms with Crippen molar-refractivity contribution in [3.8, 4) is 0 Å². The van der Waals surface area contributed by atoms with Crippen LogP contribution in [0.4, 0.5) is 16.2 Å². The number of fused-ring (bicyclic) bond motifs is 1. The molecule has 0 bridgehead atoms. The van der Waals surface area contributed by atoms with E-state index in [-0.39, 0.29) is 30.0 Å². The van der Waals surface area contributed by atoms with Crippen LogP contribution in [0, 0.1) is 5.92 Å². The van der Waals surface area contributed by atoms with Crippen LogP contribution in [-0.4, -0.2) is 54.7 Å². The molecule has 1 aromatic carbocycles. The molecular weight excluding hydrogens is 380 g/mol. The third kappa shape index (κ3) is 4.41. The van der Waals surface area contributed by atoms with Gasteiger partial charge in [0.25, 0.3) is 0 Å². The van der Waals surface area contributed by atoms with E-state index < -0.39 is 5.60 Å². The second-order valence-corrected chi connectivity index (χ2v) is 9.45. The van der Waals surface area contributed by atoms with Crippen LogP contribution in [0.15, 0.2) is 18.2 Å². The number of anilines is 2. The predicted molar refractivity (Wildman–Crippen MR) is 120 cm³/mol. The fourth-order valence-corrected chi connectivity index (χ4v) is 4.59.